The first-order valence-electron chi connectivity index (χ1n) is 7.36. The molecular weight excluding hydrogens is 312 g/mol. The molecule has 0 saturated carbocycles. The predicted molar refractivity (Wildman–Crippen MR) is 92.4 cm³/mol. The number of carbonyl (C=O) groups excluding carboxylic acids is 1. The first-order chi connectivity index (χ1) is 11.0. The highest BCUT2D eigenvalue weighted by molar-refractivity contribution is 7.99. The highest BCUT2D eigenvalue weighted by Crippen LogP contribution is 2.11. The molecule has 0 aliphatic heterocycles. The first kappa shape index (κ1) is 17.1. The predicted octanol–water partition coefficient (Wildman–Crippen LogP) is 1.58. The number of hydrogen-bond acceptors (Lipinski definition) is 5. The van der Waals surface area contributed by atoms with Gasteiger partial charge in [-0.3, -0.25) is 9.59 Å². The van der Waals surface area contributed by atoms with E-state index >= 15 is 0 Å². The smallest absolute Gasteiger partial charge is 0.253 e. The molecular formula is C16H20N4O2S. The van der Waals surface area contributed by atoms with Crippen LogP contribution in [0.4, 0.5) is 5.82 Å². The highest BCUT2D eigenvalue weighted by Gasteiger charge is 2.09. The van der Waals surface area contributed by atoms with Crippen LogP contribution in [0.15, 0.2) is 46.3 Å². The van der Waals surface area contributed by atoms with Crippen molar-refractivity contribution < 1.29 is 4.79 Å². The number of amides is 1. The molecule has 0 aliphatic rings. The molecule has 1 amide bonds. The summed E-state index contributed by atoms with van der Waals surface area (Å²) < 4.78 is 0. The van der Waals surface area contributed by atoms with E-state index in [2.05, 4.69) is 27.4 Å². The molecule has 1 atom stereocenters. The molecule has 2 rings (SSSR count). The minimum atomic E-state index is -0.323. The molecule has 23 heavy (non-hydrogen) atoms. The molecule has 1 aromatic carbocycles. The van der Waals surface area contributed by atoms with Crippen molar-refractivity contribution >= 4 is 23.5 Å². The van der Waals surface area contributed by atoms with Gasteiger partial charge in [-0.25, -0.2) is 4.98 Å². The molecule has 1 aromatic heterocycles. The summed E-state index contributed by atoms with van der Waals surface area (Å²) in [5, 5.41) is 3.29. The van der Waals surface area contributed by atoms with Crippen molar-refractivity contribution in [1.82, 2.24) is 15.3 Å². The standard InChI is InChI=1S/C16H20N4O2S/c1-11(7-8-12-5-3-2-4-6-12)18-15(22)10-23-16-19-13(17)9-14(21)20-16/h2-6,9,11H,7-8,10H2,1H3,(H,18,22)(H3,17,19,20,21). The number of thioether (sulfide) groups is 1. The summed E-state index contributed by atoms with van der Waals surface area (Å²) in [6.07, 6.45) is 1.79. The molecule has 0 saturated heterocycles. The number of rotatable bonds is 7. The second kappa shape index (κ2) is 8.38. The zero-order valence-electron chi connectivity index (χ0n) is 12.9. The molecule has 2 aromatic rings. The van der Waals surface area contributed by atoms with Gasteiger partial charge in [-0.05, 0) is 25.3 Å². The number of nitrogen functional groups attached to an aromatic ring is 1. The van der Waals surface area contributed by atoms with Crippen LogP contribution in [0.2, 0.25) is 0 Å². The third kappa shape index (κ3) is 6.15. The number of benzene rings is 1. The quantitative estimate of drug-likeness (QED) is 0.528. The van der Waals surface area contributed by atoms with Crippen LogP contribution in [0.3, 0.4) is 0 Å². The number of aromatic nitrogens is 2. The topological polar surface area (TPSA) is 101 Å². The third-order valence-corrected chi connectivity index (χ3v) is 4.07. The number of aromatic amines is 1. The summed E-state index contributed by atoms with van der Waals surface area (Å²) in [6, 6.07) is 11.4. The fraction of sp³-hybridized carbons (Fsp3) is 0.312. The van der Waals surface area contributed by atoms with Crippen molar-refractivity contribution in [1.29, 1.82) is 0 Å². The zero-order chi connectivity index (χ0) is 16.7. The van der Waals surface area contributed by atoms with Gasteiger partial charge in [0.2, 0.25) is 5.91 Å². The summed E-state index contributed by atoms with van der Waals surface area (Å²) in [6.45, 7) is 1.98. The Bertz CT molecular complexity index is 703. The number of hydrogen-bond donors (Lipinski definition) is 3. The Hall–Kier alpha value is -2.28. The third-order valence-electron chi connectivity index (χ3n) is 3.20. The van der Waals surface area contributed by atoms with E-state index in [-0.39, 0.29) is 29.1 Å². The lowest BCUT2D eigenvalue weighted by Gasteiger charge is -2.13. The van der Waals surface area contributed by atoms with Gasteiger partial charge in [-0.15, -0.1) is 0 Å². The summed E-state index contributed by atoms with van der Waals surface area (Å²) in [7, 11) is 0. The van der Waals surface area contributed by atoms with Crippen LogP contribution < -0.4 is 16.6 Å². The second-order valence-corrected chi connectivity index (χ2v) is 6.22. The number of H-pyrrole nitrogens is 1. The van der Waals surface area contributed by atoms with Crippen molar-refractivity contribution in [2.45, 2.75) is 31.0 Å². The number of nitrogens with zero attached hydrogens (tertiary/aromatic N) is 1. The van der Waals surface area contributed by atoms with E-state index in [9.17, 15) is 9.59 Å². The van der Waals surface area contributed by atoms with Gasteiger partial charge in [0.15, 0.2) is 5.16 Å². The Kier molecular flexibility index (Phi) is 6.22. The van der Waals surface area contributed by atoms with E-state index in [0.717, 1.165) is 24.6 Å². The zero-order valence-corrected chi connectivity index (χ0v) is 13.7. The number of carbonyl (C=O) groups is 1. The van der Waals surface area contributed by atoms with E-state index < -0.39 is 0 Å². The van der Waals surface area contributed by atoms with Gasteiger partial charge < -0.3 is 16.0 Å². The van der Waals surface area contributed by atoms with Gasteiger partial charge in [0, 0.05) is 12.1 Å². The number of anilines is 1. The van der Waals surface area contributed by atoms with Crippen LogP contribution in [0.5, 0.6) is 0 Å². The Balaban J connectivity index is 1.74. The molecule has 1 unspecified atom stereocenters. The van der Waals surface area contributed by atoms with Gasteiger partial charge in [-0.1, -0.05) is 42.1 Å². The molecule has 7 heteroatoms. The molecule has 0 bridgehead atoms. The van der Waals surface area contributed by atoms with Gasteiger partial charge in [0.05, 0.1) is 5.75 Å². The Morgan fingerprint density at radius 2 is 2.13 bits per heavy atom. The van der Waals surface area contributed by atoms with Gasteiger partial charge in [0.25, 0.3) is 5.56 Å². The van der Waals surface area contributed by atoms with Crippen molar-refractivity contribution in [2.75, 3.05) is 11.5 Å². The normalized spacial score (nSPS) is 11.9. The molecule has 6 nitrogen and oxygen atoms in total. The maximum Gasteiger partial charge on any atom is 0.253 e. The molecule has 122 valence electrons. The number of aryl methyl sites for hydroxylation is 1. The molecule has 0 aliphatic carbocycles. The fourth-order valence-corrected chi connectivity index (χ4v) is 2.77. The molecule has 0 radical (unpaired) electrons. The highest BCUT2D eigenvalue weighted by atomic mass is 32.2. The van der Waals surface area contributed by atoms with E-state index in [1.807, 2.05) is 25.1 Å². The van der Waals surface area contributed by atoms with Crippen molar-refractivity contribution in [2.24, 2.45) is 0 Å². The SMILES string of the molecule is CC(CCc1ccccc1)NC(=O)CSc1nc(N)cc(=O)[nH]1. The molecule has 0 fully saturated rings. The molecule has 1 heterocycles. The van der Waals surface area contributed by atoms with E-state index in [4.69, 9.17) is 5.73 Å². The lowest BCUT2D eigenvalue weighted by atomic mass is 10.1. The van der Waals surface area contributed by atoms with E-state index in [1.54, 1.807) is 0 Å². The van der Waals surface area contributed by atoms with Crippen LogP contribution >= 0.6 is 11.8 Å². The minimum absolute atomic E-state index is 0.0798. The largest absolute Gasteiger partial charge is 0.383 e. The van der Waals surface area contributed by atoms with Crippen LogP contribution in [-0.2, 0) is 11.2 Å². The van der Waals surface area contributed by atoms with E-state index in [0.29, 0.717) is 5.16 Å². The van der Waals surface area contributed by atoms with Crippen molar-refractivity contribution in [3.63, 3.8) is 0 Å². The Morgan fingerprint density at radius 1 is 1.39 bits per heavy atom. The van der Waals surface area contributed by atoms with E-state index in [1.165, 1.54) is 11.6 Å². The number of nitrogens with two attached hydrogens (primary N) is 1. The van der Waals surface area contributed by atoms with Crippen molar-refractivity contribution in [3.8, 4) is 0 Å². The first-order valence-corrected chi connectivity index (χ1v) is 8.34. The van der Waals surface area contributed by atoms with Crippen LogP contribution in [0.1, 0.15) is 18.9 Å². The summed E-state index contributed by atoms with van der Waals surface area (Å²) in [5.41, 5.74) is 6.43. The molecule has 4 N–H and O–H groups in total. The maximum absolute atomic E-state index is 11.9. The van der Waals surface area contributed by atoms with Gasteiger partial charge in [0.1, 0.15) is 5.82 Å². The van der Waals surface area contributed by atoms with Gasteiger partial charge in [-0.2, -0.15) is 0 Å². The van der Waals surface area contributed by atoms with Gasteiger partial charge >= 0.3 is 0 Å². The monoisotopic (exact) mass is 332 g/mol. The Morgan fingerprint density at radius 3 is 2.83 bits per heavy atom. The van der Waals surface area contributed by atoms with Crippen LogP contribution in [-0.4, -0.2) is 27.7 Å². The summed E-state index contributed by atoms with van der Waals surface area (Å²) >= 11 is 1.15. The Labute approximate surface area is 138 Å². The summed E-state index contributed by atoms with van der Waals surface area (Å²) in [4.78, 5) is 29.7. The van der Waals surface area contributed by atoms with Crippen molar-refractivity contribution in [3.05, 3.63) is 52.3 Å². The fourth-order valence-electron chi connectivity index (χ4n) is 2.07. The number of nitrogens with one attached hydrogen (secondary N) is 2. The lowest BCUT2D eigenvalue weighted by molar-refractivity contribution is -0.119. The second-order valence-electron chi connectivity index (χ2n) is 5.26. The summed E-state index contributed by atoms with van der Waals surface area (Å²) in [5.74, 6) is 0.232. The average molecular weight is 332 g/mol. The minimum Gasteiger partial charge on any atom is -0.383 e. The average Bonchev–Trinajstić information content (AvgIpc) is 2.51. The van der Waals surface area contributed by atoms with Crippen LogP contribution in [0, 0.1) is 0 Å². The lowest BCUT2D eigenvalue weighted by Crippen LogP contribution is -2.34. The maximum atomic E-state index is 11.9. The molecule has 0 spiro atoms. The van der Waals surface area contributed by atoms with Crippen LogP contribution in [0.25, 0.3) is 0 Å².